The van der Waals surface area contributed by atoms with Crippen molar-refractivity contribution in [1.82, 2.24) is 15.1 Å². The lowest BCUT2D eigenvalue weighted by Crippen LogP contribution is -2.53. The van der Waals surface area contributed by atoms with Crippen LogP contribution in [0.15, 0.2) is 35.7 Å². The van der Waals surface area contributed by atoms with E-state index >= 15 is 0 Å². The van der Waals surface area contributed by atoms with E-state index in [0.29, 0.717) is 24.8 Å². The number of rotatable bonds is 7. The van der Waals surface area contributed by atoms with E-state index in [9.17, 15) is 14.0 Å². The maximum atomic E-state index is 13.5. The van der Waals surface area contributed by atoms with E-state index in [1.807, 2.05) is 37.1 Å². The van der Waals surface area contributed by atoms with Crippen LogP contribution in [-0.4, -0.2) is 53.5 Å². The second kappa shape index (κ2) is 9.71. The minimum absolute atomic E-state index is 0.0466. The highest BCUT2D eigenvalue weighted by atomic mass is 32.1. The first-order valence-corrected chi connectivity index (χ1v) is 12.4. The SMILES string of the molecule is CC(C)(C)NC(=O)N(CC(=O)N1CCc2sccc2[C@H]1COc1ccc(F)cc1)CC1CC1. The number of benzene rings is 1. The monoisotopic (exact) mass is 473 g/mol. The second-order valence-electron chi connectivity index (χ2n) is 9.92. The summed E-state index contributed by atoms with van der Waals surface area (Å²) in [6.45, 7) is 7.32. The Labute approximate surface area is 198 Å². The molecule has 1 N–H and O–H groups in total. The lowest BCUT2D eigenvalue weighted by atomic mass is 10.0. The van der Waals surface area contributed by atoms with E-state index in [1.54, 1.807) is 28.4 Å². The molecule has 0 saturated heterocycles. The Balaban J connectivity index is 1.48. The predicted molar refractivity (Wildman–Crippen MR) is 127 cm³/mol. The Hall–Kier alpha value is -2.61. The average molecular weight is 474 g/mol. The van der Waals surface area contributed by atoms with Crippen LogP contribution in [0.1, 0.15) is 50.1 Å². The molecule has 2 heterocycles. The maximum Gasteiger partial charge on any atom is 0.318 e. The van der Waals surface area contributed by atoms with Crippen molar-refractivity contribution >= 4 is 23.3 Å². The van der Waals surface area contributed by atoms with Crippen LogP contribution >= 0.6 is 11.3 Å². The van der Waals surface area contributed by atoms with Crippen molar-refractivity contribution in [1.29, 1.82) is 0 Å². The van der Waals surface area contributed by atoms with Gasteiger partial charge in [-0.15, -0.1) is 11.3 Å². The number of fused-ring (bicyclic) bond motifs is 1. The molecule has 1 aromatic heterocycles. The van der Waals surface area contributed by atoms with Gasteiger partial charge in [0.25, 0.3) is 0 Å². The molecule has 2 aromatic rings. The fraction of sp³-hybridized carbons (Fsp3) is 0.520. The molecule has 8 heteroatoms. The van der Waals surface area contributed by atoms with Crippen LogP contribution in [0.2, 0.25) is 0 Å². The normalized spacial score (nSPS) is 17.9. The van der Waals surface area contributed by atoms with Crippen molar-refractivity contribution in [3.63, 3.8) is 0 Å². The zero-order valence-electron chi connectivity index (χ0n) is 19.5. The lowest BCUT2D eigenvalue weighted by molar-refractivity contribution is -0.135. The third kappa shape index (κ3) is 6.25. The number of nitrogens with one attached hydrogen (secondary N) is 1. The van der Waals surface area contributed by atoms with Gasteiger partial charge in [0.15, 0.2) is 0 Å². The van der Waals surface area contributed by atoms with Gasteiger partial charge in [-0.3, -0.25) is 4.79 Å². The predicted octanol–water partition coefficient (Wildman–Crippen LogP) is 4.61. The first-order valence-electron chi connectivity index (χ1n) is 11.5. The number of hydrogen-bond donors (Lipinski definition) is 1. The first-order chi connectivity index (χ1) is 15.7. The Kier molecular flexibility index (Phi) is 6.93. The van der Waals surface area contributed by atoms with Crippen molar-refractivity contribution < 1.29 is 18.7 Å². The largest absolute Gasteiger partial charge is 0.491 e. The Morgan fingerprint density at radius 2 is 1.94 bits per heavy atom. The van der Waals surface area contributed by atoms with Crippen molar-refractivity contribution in [3.8, 4) is 5.75 Å². The van der Waals surface area contributed by atoms with Crippen molar-refractivity contribution in [2.24, 2.45) is 5.92 Å². The van der Waals surface area contributed by atoms with Gasteiger partial charge in [0.2, 0.25) is 5.91 Å². The molecule has 2 aliphatic rings. The van der Waals surface area contributed by atoms with Crippen molar-refractivity contribution in [3.05, 3.63) is 52.0 Å². The number of halogens is 1. The van der Waals surface area contributed by atoms with Gasteiger partial charge in [0.05, 0.1) is 6.04 Å². The lowest BCUT2D eigenvalue weighted by Gasteiger charge is -2.37. The Morgan fingerprint density at radius 1 is 1.21 bits per heavy atom. The van der Waals surface area contributed by atoms with E-state index in [-0.39, 0.29) is 42.5 Å². The van der Waals surface area contributed by atoms with Gasteiger partial charge >= 0.3 is 6.03 Å². The van der Waals surface area contributed by atoms with Gasteiger partial charge in [0, 0.05) is 23.5 Å². The summed E-state index contributed by atoms with van der Waals surface area (Å²) in [6.07, 6.45) is 3.00. The number of carbonyl (C=O) groups is 2. The smallest absolute Gasteiger partial charge is 0.318 e. The average Bonchev–Trinajstić information content (AvgIpc) is 3.44. The third-order valence-corrected chi connectivity index (χ3v) is 6.90. The number of urea groups is 1. The molecular weight excluding hydrogens is 441 g/mol. The van der Waals surface area contributed by atoms with Crippen LogP contribution in [0.5, 0.6) is 5.75 Å². The molecule has 1 aromatic carbocycles. The molecule has 3 amide bonds. The topological polar surface area (TPSA) is 61.9 Å². The van der Waals surface area contributed by atoms with Crippen molar-refractivity contribution in [2.45, 2.75) is 51.6 Å². The zero-order valence-corrected chi connectivity index (χ0v) is 20.3. The van der Waals surface area contributed by atoms with E-state index in [0.717, 1.165) is 24.8 Å². The molecule has 0 bridgehead atoms. The minimum Gasteiger partial charge on any atom is -0.491 e. The number of carbonyl (C=O) groups excluding carboxylic acids is 2. The summed E-state index contributed by atoms with van der Waals surface area (Å²) < 4.78 is 19.2. The van der Waals surface area contributed by atoms with Crippen LogP contribution in [0.4, 0.5) is 9.18 Å². The van der Waals surface area contributed by atoms with E-state index in [1.165, 1.54) is 17.0 Å². The summed E-state index contributed by atoms with van der Waals surface area (Å²) in [7, 11) is 0. The van der Waals surface area contributed by atoms with Gasteiger partial charge in [-0.2, -0.15) is 0 Å². The second-order valence-corrected chi connectivity index (χ2v) is 10.9. The quantitative estimate of drug-likeness (QED) is 0.639. The summed E-state index contributed by atoms with van der Waals surface area (Å²) in [5, 5.41) is 5.04. The molecular formula is C25H32FN3O3S. The summed E-state index contributed by atoms with van der Waals surface area (Å²) in [5.74, 6) is 0.641. The van der Waals surface area contributed by atoms with E-state index < -0.39 is 0 Å². The molecule has 1 saturated carbocycles. The highest BCUT2D eigenvalue weighted by Crippen LogP contribution is 2.34. The summed E-state index contributed by atoms with van der Waals surface area (Å²) in [4.78, 5) is 31.1. The van der Waals surface area contributed by atoms with Gasteiger partial charge < -0.3 is 19.9 Å². The molecule has 1 aliphatic heterocycles. The highest BCUT2D eigenvalue weighted by Gasteiger charge is 2.35. The number of ether oxygens (including phenoxy) is 1. The molecule has 1 aliphatic carbocycles. The molecule has 0 radical (unpaired) electrons. The van der Waals surface area contributed by atoms with E-state index in [2.05, 4.69) is 5.32 Å². The number of nitrogens with zero attached hydrogens (tertiary/aromatic N) is 2. The van der Waals surface area contributed by atoms with Crippen LogP contribution in [0.3, 0.4) is 0 Å². The molecule has 0 unspecified atom stereocenters. The first kappa shape index (κ1) is 23.5. The molecule has 6 nitrogen and oxygen atoms in total. The van der Waals surface area contributed by atoms with Gasteiger partial charge in [-0.1, -0.05) is 0 Å². The maximum absolute atomic E-state index is 13.5. The zero-order chi connectivity index (χ0) is 23.6. The molecule has 33 heavy (non-hydrogen) atoms. The molecule has 0 spiro atoms. The summed E-state index contributed by atoms with van der Waals surface area (Å²) in [6, 6.07) is 7.50. The molecule has 1 atom stereocenters. The molecule has 1 fully saturated rings. The minimum atomic E-state index is -0.371. The Morgan fingerprint density at radius 3 is 2.61 bits per heavy atom. The van der Waals surface area contributed by atoms with E-state index in [4.69, 9.17) is 4.74 Å². The molecule has 178 valence electrons. The fourth-order valence-corrected chi connectivity index (χ4v) is 4.99. The van der Waals surface area contributed by atoms with Crippen LogP contribution in [0.25, 0.3) is 0 Å². The number of amides is 3. The van der Waals surface area contributed by atoms with Crippen LogP contribution in [-0.2, 0) is 11.2 Å². The standard InChI is InChI=1S/C25H32FN3O3S/c1-25(2,3)27-24(31)28(14-17-4-5-17)15-23(30)29-12-10-22-20(11-13-33-22)21(29)16-32-19-8-6-18(26)7-9-19/h6-9,11,13,17,21H,4-5,10,12,14-16H2,1-3H3,(H,27,31)/t21-/m1/s1. The third-order valence-electron chi connectivity index (χ3n) is 5.91. The summed E-state index contributed by atoms with van der Waals surface area (Å²) in [5.41, 5.74) is 0.721. The van der Waals surface area contributed by atoms with Crippen molar-refractivity contribution in [2.75, 3.05) is 26.2 Å². The van der Waals surface area contributed by atoms with Crippen LogP contribution < -0.4 is 10.1 Å². The summed E-state index contributed by atoms with van der Waals surface area (Å²) >= 11 is 1.69. The van der Waals surface area contributed by atoms with Gasteiger partial charge in [0.1, 0.15) is 24.7 Å². The van der Waals surface area contributed by atoms with Gasteiger partial charge in [-0.05, 0) is 87.2 Å². The number of hydrogen-bond acceptors (Lipinski definition) is 4. The number of thiophene rings is 1. The van der Waals surface area contributed by atoms with Crippen LogP contribution in [0, 0.1) is 11.7 Å². The Bertz CT molecular complexity index is 982. The molecule has 4 rings (SSSR count). The fourth-order valence-electron chi connectivity index (χ4n) is 4.07. The van der Waals surface area contributed by atoms with Gasteiger partial charge in [-0.25, -0.2) is 9.18 Å². The highest BCUT2D eigenvalue weighted by molar-refractivity contribution is 7.10.